The second-order valence-corrected chi connectivity index (χ2v) is 12.4. The van der Waals surface area contributed by atoms with E-state index in [1.807, 2.05) is 63.2 Å². The van der Waals surface area contributed by atoms with Gasteiger partial charge in [0.15, 0.2) is 0 Å². The molecule has 2 amide bonds. The van der Waals surface area contributed by atoms with Gasteiger partial charge in [0.1, 0.15) is 12.6 Å². The predicted molar refractivity (Wildman–Crippen MR) is 158 cm³/mol. The zero-order valence-corrected chi connectivity index (χ0v) is 24.4. The molecule has 1 fully saturated rings. The molecular weight excluding hydrogens is 522 g/mol. The number of amides is 2. The summed E-state index contributed by atoms with van der Waals surface area (Å²) in [5.41, 5.74) is 2.93. The Morgan fingerprint density at radius 1 is 0.925 bits per heavy atom. The van der Waals surface area contributed by atoms with E-state index in [1.54, 1.807) is 24.3 Å². The van der Waals surface area contributed by atoms with E-state index in [0.29, 0.717) is 12.1 Å². The minimum atomic E-state index is -4.08. The molecule has 212 valence electrons. The Labute approximate surface area is 238 Å². The molecule has 0 heterocycles. The van der Waals surface area contributed by atoms with Crippen molar-refractivity contribution >= 4 is 27.5 Å². The van der Waals surface area contributed by atoms with Crippen LogP contribution in [0.25, 0.3) is 0 Å². The number of anilines is 1. The van der Waals surface area contributed by atoms with Gasteiger partial charge in [-0.2, -0.15) is 0 Å². The first-order chi connectivity index (χ1) is 19.2. The Kier molecular flexibility index (Phi) is 9.63. The molecule has 7 nitrogen and oxygen atoms in total. The molecule has 0 bridgehead atoms. The number of benzene rings is 3. The van der Waals surface area contributed by atoms with Crippen molar-refractivity contribution < 1.29 is 18.0 Å². The number of nitrogens with zero attached hydrogens (tertiary/aromatic N) is 2. The SMILES string of the molecule is CC[C@@H](C(=O)NC1CCCC1)N(Cc1ccccc1)C(=O)CN(c1cc(C)ccc1C)S(=O)(=O)c1ccccc1. The van der Waals surface area contributed by atoms with Crippen LogP contribution < -0.4 is 9.62 Å². The third-order valence-corrected chi connectivity index (χ3v) is 9.30. The van der Waals surface area contributed by atoms with Crippen LogP contribution in [0.15, 0.2) is 83.8 Å². The van der Waals surface area contributed by atoms with Gasteiger partial charge < -0.3 is 10.2 Å². The molecule has 3 aromatic carbocycles. The van der Waals surface area contributed by atoms with Crippen LogP contribution in [0, 0.1) is 13.8 Å². The van der Waals surface area contributed by atoms with Crippen LogP contribution >= 0.6 is 0 Å². The highest BCUT2D eigenvalue weighted by molar-refractivity contribution is 7.92. The largest absolute Gasteiger partial charge is 0.352 e. The van der Waals surface area contributed by atoms with Crippen LogP contribution in [0.3, 0.4) is 0 Å². The van der Waals surface area contributed by atoms with Gasteiger partial charge >= 0.3 is 0 Å². The monoisotopic (exact) mass is 561 g/mol. The first kappa shape index (κ1) is 29.3. The zero-order chi connectivity index (χ0) is 28.7. The maximum atomic E-state index is 14.2. The topological polar surface area (TPSA) is 86.8 Å². The van der Waals surface area contributed by atoms with Gasteiger partial charge in [0.05, 0.1) is 10.6 Å². The number of carbonyl (C=O) groups is 2. The number of hydrogen-bond acceptors (Lipinski definition) is 4. The molecule has 1 N–H and O–H groups in total. The van der Waals surface area contributed by atoms with Crippen molar-refractivity contribution in [3.63, 3.8) is 0 Å². The van der Waals surface area contributed by atoms with Crippen molar-refractivity contribution in [1.82, 2.24) is 10.2 Å². The van der Waals surface area contributed by atoms with E-state index in [0.717, 1.165) is 42.4 Å². The Hall–Kier alpha value is -3.65. The van der Waals surface area contributed by atoms with Gasteiger partial charge in [0.2, 0.25) is 11.8 Å². The summed E-state index contributed by atoms with van der Waals surface area (Å²) in [5, 5.41) is 3.14. The second-order valence-electron chi connectivity index (χ2n) is 10.5. The van der Waals surface area contributed by atoms with Crippen LogP contribution in [0.2, 0.25) is 0 Å². The van der Waals surface area contributed by atoms with Gasteiger partial charge in [-0.15, -0.1) is 0 Å². The molecule has 1 atom stereocenters. The fourth-order valence-corrected chi connectivity index (χ4v) is 6.78. The van der Waals surface area contributed by atoms with Gasteiger partial charge in [-0.25, -0.2) is 8.42 Å². The van der Waals surface area contributed by atoms with E-state index < -0.39 is 28.5 Å². The quantitative estimate of drug-likeness (QED) is 0.341. The first-order valence-electron chi connectivity index (χ1n) is 14.0. The molecular formula is C32H39N3O4S. The van der Waals surface area contributed by atoms with E-state index in [9.17, 15) is 18.0 Å². The van der Waals surface area contributed by atoms with E-state index in [2.05, 4.69) is 5.32 Å². The molecule has 0 spiro atoms. The van der Waals surface area contributed by atoms with E-state index in [4.69, 9.17) is 0 Å². The molecule has 0 aromatic heterocycles. The highest BCUT2D eigenvalue weighted by atomic mass is 32.2. The molecule has 0 radical (unpaired) electrons. The number of rotatable bonds is 11. The molecule has 0 aliphatic heterocycles. The Morgan fingerprint density at radius 3 is 2.17 bits per heavy atom. The summed E-state index contributed by atoms with van der Waals surface area (Å²) in [6.07, 6.45) is 4.44. The maximum Gasteiger partial charge on any atom is 0.264 e. The standard InChI is InChI=1S/C32H39N3O4S/c1-4-29(32(37)33-27-15-11-12-16-27)34(22-26-13-7-5-8-14-26)31(36)23-35(30-21-24(2)19-20-25(30)3)40(38,39)28-17-9-6-10-18-28/h5-10,13-14,17-21,27,29H,4,11-12,15-16,22-23H2,1-3H3,(H,33,37)/t29-/m0/s1. The third-order valence-electron chi connectivity index (χ3n) is 7.53. The maximum absolute atomic E-state index is 14.2. The van der Waals surface area contributed by atoms with Crippen molar-refractivity contribution in [2.45, 2.75) is 76.4 Å². The Balaban J connectivity index is 1.72. The number of hydrogen-bond donors (Lipinski definition) is 1. The van der Waals surface area contributed by atoms with Crippen molar-refractivity contribution in [1.29, 1.82) is 0 Å². The van der Waals surface area contributed by atoms with Gasteiger partial charge in [0, 0.05) is 12.6 Å². The van der Waals surface area contributed by atoms with Crippen LogP contribution in [-0.4, -0.2) is 43.8 Å². The van der Waals surface area contributed by atoms with E-state index in [1.165, 1.54) is 21.3 Å². The highest BCUT2D eigenvalue weighted by Gasteiger charge is 2.35. The summed E-state index contributed by atoms with van der Waals surface area (Å²) in [7, 11) is -4.08. The molecule has 3 aromatic rings. The minimum absolute atomic E-state index is 0.101. The lowest BCUT2D eigenvalue weighted by Gasteiger charge is -2.34. The zero-order valence-electron chi connectivity index (χ0n) is 23.5. The van der Waals surface area contributed by atoms with Crippen LogP contribution in [0.1, 0.15) is 55.7 Å². The minimum Gasteiger partial charge on any atom is -0.352 e. The summed E-state index contributed by atoms with van der Waals surface area (Å²) in [4.78, 5) is 29.3. The molecule has 0 saturated heterocycles. The van der Waals surface area contributed by atoms with Crippen LogP contribution in [0.4, 0.5) is 5.69 Å². The fourth-order valence-electron chi connectivity index (χ4n) is 5.29. The number of sulfonamides is 1. The second kappa shape index (κ2) is 13.1. The average molecular weight is 562 g/mol. The number of aryl methyl sites for hydroxylation is 2. The summed E-state index contributed by atoms with van der Waals surface area (Å²) in [6, 6.07) is 22.6. The van der Waals surface area contributed by atoms with Crippen LogP contribution in [-0.2, 0) is 26.2 Å². The molecule has 8 heteroatoms. The van der Waals surface area contributed by atoms with Gasteiger partial charge in [-0.1, -0.05) is 80.4 Å². The first-order valence-corrected chi connectivity index (χ1v) is 15.4. The lowest BCUT2D eigenvalue weighted by molar-refractivity contribution is -0.140. The molecule has 4 rings (SSSR count). The molecule has 40 heavy (non-hydrogen) atoms. The molecule has 1 aliphatic rings. The predicted octanol–water partition coefficient (Wildman–Crippen LogP) is 5.36. The van der Waals surface area contributed by atoms with Crippen molar-refractivity contribution in [3.8, 4) is 0 Å². The fraction of sp³-hybridized carbons (Fsp3) is 0.375. The van der Waals surface area contributed by atoms with Crippen molar-refractivity contribution in [2.75, 3.05) is 10.8 Å². The van der Waals surface area contributed by atoms with E-state index in [-0.39, 0.29) is 23.4 Å². The average Bonchev–Trinajstić information content (AvgIpc) is 3.47. The van der Waals surface area contributed by atoms with Gasteiger partial charge in [-0.05, 0) is 68.0 Å². The number of carbonyl (C=O) groups excluding carboxylic acids is 2. The smallest absolute Gasteiger partial charge is 0.264 e. The highest BCUT2D eigenvalue weighted by Crippen LogP contribution is 2.29. The normalized spacial score (nSPS) is 14.5. The van der Waals surface area contributed by atoms with E-state index >= 15 is 0 Å². The van der Waals surface area contributed by atoms with Crippen molar-refractivity contribution in [3.05, 3.63) is 95.6 Å². The van der Waals surface area contributed by atoms with Crippen molar-refractivity contribution in [2.24, 2.45) is 0 Å². The Bertz CT molecular complexity index is 1400. The summed E-state index contributed by atoms with van der Waals surface area (Å²) < 4.78 is 29.2. The van der Waals surface area contributed by atoms with Crippen LogP contribution in [0.5, 0.6) is 0 Å². The number of nitrogens with one attached hydrogen (secondary N) is 1. The summed E-state index contributed by atoms with van der Waals surface area (Å²) >= 11 is 0. The van der Waals surface area contributed by atoms with Gasteiger partial charge in [0.25, 0.3) is 10.0 Å². The lowest BCUT2D eigenvalue weighted by atomic mass is 10.1. The lowest BCUT2D eigenvalue weighted by Crippen LogP contribution is -2.53. The van der Waals surface area contributed by atoms with Gasteiger partial charge in [-0.3, -0.25) is 13.9 Å². The molecule has 1 aliphatic carbocycles. The summed E-state index contributed by atoms with van der Waals surface area (Å²) in [5.74, 6) is -0.624. The third kappa shape index (κ3) is 6.91. The molecule has 1 saturated carbocycles. The molecule has 0 unspecified atom stereocenters. The summed E-state index contributed by atoms with van der Waals surface area (Å²) in [6.45, 7) is 5.37. The Morgan fingerprint density at radius 2 is 1.55 bits per heavy atom.